The molecule has 32 heavy (non-hydrogen) atoms. The molecule has 1 N–H and O–H groups in total. The van der Waals surface area contributed by atoms with Gasteiger partial charge in [0.15, 0.2) is 0 Å². The van der Waals surface area contributed by atoms with Gasteiger partial charge < -0.3 is 14.5 Å². The van der Waals surface area contributed by atoms with Crippen molar-refractivity contribution < 1.29 is 31.1 Å². The molecule has 0 bridgehead atoms. The van der Waals surface area contributed by atoms with E-state index in [9.17, 15) is 26.4 Å². The Morgan fingerprint density at radius 3 is 2.19 bits per heavy atom. The Bertz CT molecular complexity index is 1050. The molecule has 1 atom stereocenters. The van der Waals surface area contributed by atoms with Crippen molar-refractivity contribution in [1.82, 2.24) is 9.62 Å². The molecule has 174 valence electrons. The van der Waals surface area contributed by atoms with Crippen LogP contribution in [0.25, 0.3) is 0 Å². The second-order valence-corrected chi connectivity index (χ2v) is 9.03. The van der Waals surface area contributed by atoms with Crippen LogP contribution >= 0.6 is 0 Å². The van der Waals surface area contributed by atoms with Crippen LogP contribution in [0.5, 0.6) is 5.75 Å². The molecule has 0 unspecified atom stereocenters. The minimum Gasteiger partial charge on any atom is -0.497 e. The third-order valence-electron chi connectivity index (χ3n) is 5.21. The largest absolute Gasteiger partial charge is 0.497 e. The summed E-state index contributed by atoms with van der Waals surface area (Å²) in [6.45, 7) is 3.11. The molecule has 1 fully saturated rings. The van der Waals surface area contributed by atoms with Gasteiger partial charge in [-0.2, -0.15) is 17.9 Å². The molecule has 3 rings (SSSR count). The Morgan fingerprint density at radius 2 is 1.62 bits per heavy atom. The zero-order chi connectivity index (χ0) is 23.5. The molecule has 1 aliphatic heterocycles. The first-order chi connectivity index (χ1) is 15.0. The van der Waals surface area contributed by atoms with Crippen molar-refractivity contribution in [2.45, 2.75) is 24.0 Å². The van der Waals surface area contributed by atoms with Crippen molar-refractivity contribution in [2.75, 3.05) is 38.2 Å². The molecule has 11 heteroatoms. The van der Waals surface area contributed by atoms with Gasteiger partial charge in [-0.05, 0) is 43.3 Å². The molecule has 1 amide bonds. The van der Waals surface area contributed by atoms with E-state index in [0.717, 1.165) is 23.6 Å². The average Bonchev–Trinajstić information content (AvgIpc) is 2.78. The van der Waals surface area contributed by atoms with E-state index in [1.807, 2.05) is 24.3 Å². The maximum Gasteiger partial charge on any atom is 0.417 e. The third kappa shape index (κ3) is 5.33. The lowest BCUT2D eigenvalue weighted by molar-refractivity contribution is -0.139. The Kier molecular flexibility index (Phi) is 6.99. The SMILES string of the molecule is COc1ccc(N2CCN(C(=O)[C@H](C)NS(=O)(=O)c3ccccc3C(F)(F)F)CC2)cc1. The summed E-state index contributed by atoms with van der Waals surface area (Å²) in [7, 11) is -2.98. The predicted octanol–water partition coefficient (Wildman–Crippen LogP) is 2.73. The minimum absolute atomic E-state index is 0.357. The van der Waals surface area contributed by atoms with E-state index in [2.05, 4.69) is 9.62 Å². The van der Waals surface area contributed by atoms with Gasteiger partial charge in [-0.15, -0.1) is 0 Å². The number of nitrogens with zero attached hydrogens (tertiary/aromatic N) is 2. The number of sulfonamides is 1. The number of amides is 1. The van der Waals surface area contributed by atoms with Crippen LogP contribution in [-0.2, 0) is 21.0 Å². The fourth-order valence-electron chi connectivity index (χ4n) is 3.53. The number of alkyl halides is 3. The minimum atomic E-state index is -4.84. The van der Waals surface area contributed by atoms with Crippen LogP contribution in [0, 0.1) is 0 Å². The van der Waals surface area contributed by atoms with Gasteiger partial charge in [-0.3, -0.25) is 4.79 Å². The first-order valence-electron chi connectivity index (χ1n) is 9.89. The Balaban J connectivity index is 1.64. The number of carbonyl (C=O) groups is 1. The fraction of sp³-hybridized carbons (Fsp3) is 0.381. The summed E-state index contributed by atoms with van der Waals surface area (Å²) in [6, 6.07) is 10.2. The smallest absolute Gasteiger partial charge is 0.417 e. The van der Waals surface area contributed by atoms with Gasteiger partial charge in [0.05, 0.1) is 23.6 Å². The van der Waals surface area contributed by atoms with Gasteiger partial charge in [-0.25, -0.2) is 8.42 Å². The number of hydrogen-bond donors (Lipinski definition) is 1. The standard InChI is InChI=1S/C21H24F3N3O4S/c1-15(25-32(29,30)19-6-4-3-5-18(19)21(22,23)24)20(28)27-13-11-26(12-14-27)16-7-9-17(31-2)10-8-16/h3-10,15,25H,11-14H2,1-2H3/t15-/m0/s1. The van der Waals surface area contributed by atoms with E-state index in [4.69, 9.17) is 4.74 Å². The van der Waals surface area contributed by atoms with Crippen LogP contribution in [0.2, 0.25) is 0 Å². The zero-order valence-corrected chi connectivity index (χ0v) is 18.4. The molecular weight excluding hydrogens is 447 g/mol. The van der Waals surface area contributed by atoms with Gasteiger partial charge in [0.25, 0.3) is 0 Å². The molecular formula is C21H24F3N3O4S. The van der Waals surface area contributed by atoms with Crippen LogP contribution in [0.4, 0.5) is 18.9 Å². The number of carbonyl (C=O) groups excluding carboxylic acids is 1. The number of hydrogen-bond acceptors (Lipinski definition) is 5. The first-order valence-corrected chi connectivity index (χ1v) is 11.4. The van der Waals surface area contributed by atoms with Gasteiger partial charge in [0.2, 0.25) is 15.9 Å². The number of piperazine rings is 1. The lowest BCUT2D eigenvalue weighted by atomic mass is 10.2. The highest BCUT2D eigenvalue weighted by atomic mass is 32.2. The average molecular weight is 472 g/mol. The summed E-state index contributed by atoms with van der Waals surface area (Å²) < 4.78 is 72.0. The summed E-state index contributed by atoms with van der Waals surface area (Å²) >= 11 is 0. The van der Waals surface area contributed by atoms with Crippen molar-refractivity contribution in [3.05, 3.63) is 54.1 Å². The van der Waals surface area contributed by atoms with Crippen molar-refractivity contribution >= 4 is 21.6 Å². The van der Waals surface area contributed by atoms with E-state index in [0.29, 0.717) is 32.2 Å². The number of rotatable bonds is 6. The highest BCUT2D eigenvalue weighted by Crippen LogP contribution is 2.34. The fourth-order valence-corrected chi connectivity index (χ4v) is 4.96. The van der Waals surface area contributed by atoms with Gasteiger partial charge in [0, 0.05) is 31.9 Å². The molecule has 1 saturated heterocycles. The molecule has 7 nitrogen and oxygen atoms in total. The molecule has 1 aliphatic rings. The Labute approximate surface area is 184 Å². The van der Waals surface area contributed by atoms with Crippen LogP contribution in [0.3, 0.4) is 0 Å². The first kappa shape index (κ1) is 23.9. The van der Waals surface area contributed by atoms with Crippen LogP contribution in [0.15, 0.2) is 53.4 Å². The number of benzene rings is 2. The van der Waals surface area contributed by atoms with Crippen LogP contribution in [0.1, 0.15) is 12.5 Å². The second-order valence-electron chi connectivity index (χ2n) is 7.35. The van der Waals surface area contributed by atoms with Crippen molar-refractivity contribution in [3.63, 3.8) is 0 Å². The summed E-state index contributed by atoms with van der Waals surface area (Å²) in [5.41, 5.74) is -0.310. The Hall–Kier alpha value is -2.79. The van der Waals surface area contributed by atoms with Gasteiger partial charge in [-0.1, -0.05) is 12.1 Å². The quantitative estimate of drug-likeness (QED) is 0.701. The number of anilines is 1. The van der Waals surface area contributed by atoms with Crippen molar-refractivity contribution in [3.8, 4) is 5.75 Å². The molecule has 0 aliphatic carbocycles. The van der Waals surface area contributed by atoms with Gasteiger partial charge in [0.1, 0.15) is 5.75 Å². The third-order valence-corrected chi connectivity index (χ3v) is 6.81. The lowest BCUT2D eigenvalue weighted by Crippen LogP contribution is -2.54. The summed E-state index contributed by atoms with van der Waals surface area (Å²) in [5, 5.41) is 0. The second kappa shape index (κ2) is 9.37. The van der Waals surface area contributed by atoms with Crippen molar-refractivity contribution in [1.29, 1.82) is 0 Å². The number of nitrogens with one attached hydrogen (secondary N) is 1. The summed E-state index contributed by atoms with van der Waals surface area (Å²) in [6.07, 6.45) is -4.84. The molecule has 1 heterocycles. The van der Waals surface area contributed by atoms with E-state index >= 15 is 0 Å². The molecule has 0 aromatic heterocycles. The predicted molar refractivity (Wildman–Crippen MR) is 113 cm³/mol. The molecule has 0 saturated carbocycles. The molecule has 0 spiro atoms. The maximum atomic E-state index is 13.2. The molecule has 0 radical (unpaired) electrons. The number of ether oxygens (including phenoxy) is 1. The summed E-state index contributed by atoms with van der Waals surface area (Å²) in [4.78, 5) is 15.4. The normalized spacial score (nSPS) is 16.0. The van der Waals surface area contributed by atoms with Crippen LogP contribution in [-0.4, -0.2) is 58.6 Å². The number of halogens is 3. The maximum absolute atomic E-state index is 13.2. The van der Waals surface area contributed by atoms with E-state index in [-0.39, 0.29) is 0 Å². The molecule has 2 aromatic rings. The number of methoxy groups -OCH3 is 1. The monoisotopic (exact) mass is 471 g/mol. The highest BCUT2D eigenvalue weighted by Gasteiger charge is 2.38. The summed E-state index contributed by atoms with van der Waals surface area (Å²) in [5.74, 6) is 0.239. The van der Waals surface area contributed by atoms with E-state index < -0.39 is 38.6 Å². The van der Waals surface area contributed by atoms with Crippen molar-refractivity contribution in [2.24, 2.45) is 0 Å². The van der Waals surface area contributed by atoms with Gasteiger partial charge >= 0.3 is 6.18 Å². The topological polar surface area (TPSA) is 79.0 Å². The van der Waals surface area contributed by atoms with E-state index in [1.54, 1.807) is 7.11 Å². The van der Waals surface area contributed by atoms with E-state index in [1.165, 1.54) is 17.9 Å². The highest BCUT2D eigenvalue weighted by molar-refractivity contribution is 7.89. The molecule has 2 aromatic carbocycles. The Morgan fingerprint density at radius 1 is 1.03 bits per heavy atom. The zero-order valence-electron chi connectivity index (χ0n) is 17.6. The lowest BCUT2D eigenvalue weighted by Gasteiger charge is -2.37. The van der Waals surface area contributed by atoms with Crippen LogP contribution < -0.4 is 14.4 Å².